The molecule has 0 spiro atoms. The maximum Gasteiger partial charge on any atom is 0.0499 e. The van der Waals surface area contributed by atoms with Gasteiger partial charge in [0.1, 0.15) is 0 Å². The van der Waals surface area contributed by atoms with Crippen molar-refractivity contribution in [2.24, 2.45) is 0 Å². The summed E-state index contributed by atoms with van der Waals surface area (Å²) >= 11 is 10.4. The second-order valence-corrected chi connectivity index (χ2v) is 10.7. The lowest BCUT2D eigenvalue weighted by molar-refractivity contribution is 1.64. The van der Waals surface area contributed by atoms with Gasteiger partial charge in [-0.05, 0) is 29.3 Å². The van der Waals surface area contributed by atoms with E-state index < -0.39 is 0 Å². The minimum absolute atomic E-state index is 0.815. The van der Waals surface area contributed by atoms with Gasteiger partial charge in [0.2, 0.25) is 0 Å². The van der Waals surface area contributed by atoms with E-state index in [0.29, 0.717) is 0 Å². The lowest BCUT2D eigenvalue weighted by atomic mass is 9.93. The molecule has 0 aliphatic heterocycles. The van der Waals surface area contributed by atoms with Gasteiger partial charge < -0.3 is 0 Å². The van der Waals surface area contributed by atoms with Gasteiger partial charge in [-0.15, -0.1) is 22.7 Å². The summed E-state index contributed by atoms with van der Waals surface area (Å²) in [6.07, 6.45) is 0. The molecule has 0 aliphatic rings. The summed E-state index contributed by atoms with van der Waals surface area (Å²) in [5, 5.41) is 5.86. The maximum atomic E-state index is 6.73. The molecule has 7 rings (SSSR count). The quantitative estimate of drug-likeness (QED) is 0.233. The zero-order chi connectivity index (χ0) is 21.9. The average Bonchev–Trinajstić information content (AvgIpc) is 3.44. The first-order valence-corrected chi connectivity index (χ1v) is 12.9. The molecule has 33 heavy (non-hydrogen) atoms. The molecule has 0 radical (unpaired) electrons. The van der Waals surface area contributed by atoms with Gasteiger partial charge in [-0.3, -0.25) is 0 Å². The van der Waals surface area contributed by atoms with Crippen molar-refractivity contribution in [3.05, 3.63) is 108 Å². The van der Waals surface area contributed by atoms with Crippen LogP contribution < -0.4 is 0 Å². The number of halogens is 1. The summed E-state index contributed by atoms with van der Waals surface area (Å²) in [4.78, 5) is 0. The predicted molar refractivity (Wildman–Crippen MR) is 148 cm³/mol. The van der Waals surface area contributed by atoms with Crippen molar-refractivity contribution in [1.29, 1.82) is 0 Å². The standard InChI is InChI=1S/C30H17ClS2/c31-25-17-16-23(30-28(25)24-11-4-6-15-27(24)33-30)19-9-2-1-8-18(19)21-12-7-13-22-20-10-3-5-14-26(20)32-29(21)22/h1-17H. The largest absolute Gasteiger partial charge is 0.135 e. The zero-order valence-electron chi connectivity index (χ0n) is 17.5. The van der Waals surface area contributed by atoms with Crippen LogP contribution in [0, 0.1) is 0 Å². The fourth-order valence-corrected chi connectivity index (χ4v) is 7.71. The second kappa shape index (κ2) is 7.43. The molecule has 0 fully saturated rings. The van der Waals surface area contributed by atoms with Crippen molar-refractivity contribution < 1.29 is 0 Å². The summed E-state index contributed by atoms with van der Waals surface area (Å²) in [5.74, 6) is 0. The molecule has 0 saturated carbocycles. The van der Waals surface area contributed by atoms with E-state index in [9.17, 15) is 0 Å². The molecular weight excluding hydrogens is 460 g/mol. The van der Waals surface area contributed by atoms with Crippen LogP contribution in [0.25, 0.3) is 62.6 Å². The summed E-state index contributed by atoms with van der Waals surface area (Å²) in [5.41, 5.74) is 5.03. The van der Waals surface area contributed by atoms with Gasteiger partial charge in [-0.1, -0.05) is 96.5 Å². The molecular formula is C30H17ClS2. The van der Waals surface area contributed by atoms with Gasteiger partial charge in [-0.2, -0.15) is 0 Å². The monoisotopic (exact) mass is 476 g/mol. The topological polar surface area (TPSA) is 0 Å². The number of thiophene rings is 2. The Balaban J connectivity index is 1.56. The van der Waals surface area contributed by atoms with Crippen LogP contribution >= 0.6 is 34.3 Å². The number of hydrogen-bond acceptors (Lipinski definition) is 2. The van der Waals surface area contributed by atoms with E-state index in [0.717, 1.165) is 10.4 Å². The van der Waals surface area contributed by atoms with Gasteiger partial charge in [0.25, 0.3) is 0 Å². The highest BCUT2D eigenvalue weighted by Gasteiger charge is 2.18. The molecule has 2 aromatic heterocycles. The summed E-state index contributed by atoms with van der Waals surface area (Å²) in [6, 6.07) is 36.9. The van der Waals surface area contributed by atoms with Crippen molar-refractivity contribution >= 4 is 74.6 Å². The maximum absolute atomic E-state index is 6.73. The minimum atomic E-state index is 0.815. The van der Waals surface area contributed by atoms with Gasteiger partial charge in [0, 0.05) is 56.5 Å². The summed E-state index contributed by atoms with van der Waals surface area (Å²) < 4.78 is 5.19. The second-order valence-electron chi connectivity index (χ2n) is 8.22. The van der Waals surface area contributed by atoms with Crippen LogP contribution in [0.4, 0.5) is 0 Å². The first kappa shape index (κ1) is 19.3. The Hall–Kier alpha value is -3.17. The fourth-order valence-electron chi connectivity index (χ4n) is 4.91. The molecule has 0 atom stereocenters. The third-order valence-electron chi connectivity index (χ3n) is 6.39. The zero-order valence-corrected chi connectivity index (χ0v) is 19.9. The van der Waals surface area contributed by atoms with E-state index in [1.54, 1.807) is 0 Å². The van der Waals surface area contributed by atoms with Crippen molar-refractivity contribution in [2.75, 3.05) is 0 Å². The lowest BCUT2D eigenvalue weighted by Crippen LogP contribution is -1.86. The highest BCUT2D eigenvalue weighted by atomic mass is 35.5. The number of rotatable bonds is 2. The Kier molecular flexibility index (Phi) is 4.35. The van der Waals surface area contributed by atoms with Crippen molar-refractivity contribution in [3.63, 3.8) is 0 Å². The molecule has 7 aromatic rings. The van der Waals surface area contributed by atoms with Crippen molar-refractivity contribution in [2.45, 2.75) is 0 Å². The smallest absolute Gasteiger partial charge is 0.0499 e. The number of fused-ring (bicyclic) bond motifs is 6. The Morgan fingerprint density at radius 1 is 0.424 bits per heavy atom. The molecule has 0 bridgehead atoms. The molecule has 5 aromatic carbocycles. The van der Waals surface area contributed by atoms with Crippen molar-refractivity contribution in [3.8, 4) is 22.3 Å². The molecule has 0 amide bonds. The SMILES string of the molecule is Clc1ccc(-c2ccccc2-c2cccc3c2sc2ccccc23)c2sc3ccccc3c12. The Morgan fingerprint density at radius 2 is 0.970 bits per heavy atom. The lowest BCUT2D eigenvalue weighted by Gasteiger charge is -2.12. The fraction of sp³-hybridized carbons (Fsp3) is 0. The van der Waals surface area contributed by atoms with E-state index in [-0.39, 0.29) is 0 Å². The van der Waals surface area contributed by atoms with Crippen LogP contribution in [-0.2, 0) is 0 Å². The van der Waals surface area contributed by atoms with E-state index in [2.05, 4.69) is 103 Å². The number of hydrogen-bond donors (Lipinski definition) is 0. The average molecular weight is 477 g/mol. The van der Waals surface area contributed by atoms with Crippen LogP contribution in [0.3, 0.4) is 0 Å². The molecule has 0 N–H and O–H groups in total. The van der Waals surface area contributed by atoms with E-state index in [1.165, 1.54) is 57.2 Å². The third-order valence-corrected chi connectivity index (χ3v) is 9.13. The van der Waals surface area contributed by atoms with Gasteiger partial charge in [0.05, 0.1) is 0 Å². The van der Waals surface area contributed by atoms with Crippen LogP contribution in [0.2, 0.25) is 5.02 Å². The van der Waals surface area contributed by atoms with Gasteiger partial charge in [-0.25, -0.2) is 0 Å². The molecule has 0 unspecified atom stereocenters. The molecule has 3 heteroatoms. The van der Waals surface area contributed by atoms with E-state index in [1.807, 2.05) is 22.7 Å². The van der Waals surface area contributed by atoms with Gasteiger partial charge in [0.15, 0.2) is 0 Å². The van der Waals surface area contributed by atoms with Crippen LogP contribution in [0.5, 0.6) is 0 Å². The van der Waals surface area contributed by atoms with Crippen molar-refractivity contribution in [1.82, 2.24) is 0 Å². The Bertz CT molecular complexity index is 1840. The number of benzene rings is 5. The molecule has 0 aliphatic carbocycles. The molecule has 156 valence electrons. The van der Waals surface area contributed by atoms with Gasteiger partial charge >= 0.3 is 0 Å². The Labute approximate surface area is 204 Å². The van der Waals surface area contributed by atoms with E-state index in [4.69, 9.17) is 11.6 Å². The molecule has 0 nitrogen and oxygen atoms in total. The highest BCUT2D eigenvalue weighted by molar-refractivity contribution is 7.27. The summed E-state index contributed by atoms with van der Waals surface area (Å²) in [6.45, 7) is 0. The van der Waals surface area contributed by atoms with Crippen LogP contribution in [0.15, 0.2) is 103 Å². The molecule has 2 heterocycles. The minimum Gasteiger partial charge on any atom is -0.135 e. The van der Waals surface area contributed by atoms with Crippen LogP contribution in [0.1, 0.15) is 0 Å². The first-order valence-electron chi connectivity index (χ1n) is 10.9. The summed E-state index contributed by atoms with van der Waals surface area (Å²) in [7, 11) is 0. The highest BCUT2D eigenvalue weighted by Crippen LogP contribution is 2.47. The van der Waals surface area contributed by atoms with Crippen LogP contribution in [-0.4, -0.2) is 0 Å². The van der Waals surface area contributed by atoms with E-state index >= 15 is 0 Å². The normalized spacial score (nSPS) is 11.8. The predicted octanol–water partition coefficient (Wildman–Crippen LogP) is 10.4. The third kappa shape index (κ3) is 2.88. The molecule has 0 saturated heterocycles. The first-order chi connectivity index (χ1) is 16.3. The Morgan fingerprint density at radius 3 is 1.76 bits per heavy atom.